The second kappa shape index (κ2) is 7.70. The van der Waals surface area contributed by atoms with Gasteiger partial charge in [-0.2, -0.15) is 0 Å². The van der Waals surface area contributed by atoms with Gasteiger partial charge in [-0.05, 0) is 45.0 Å². The number of anilines is 2. The van der Waals surface area contributed by atoms with Gasteiger partial charge in [-0.1, -0.05) is 29.4 Å². The standard InChI is InChI=1S/C22H24N4O4/c1-22(2,3)29-21(28)24-16-12-23-15-9-5-6-10-18(15)26(20(16)27)13-17-14-8-4-7-11-19(14)30-25-17/h4-11,16,23H,12-13H2,1-3H3,(H,24,28)/t16-/m0/s1. The summed E-state index contributed by atoms with van der Waals surface area (Å²) in [6.07, 6.45) is -0.638. The second-order valence-corrected chi connectivity index (χ2v) is 8.15. The molecule has 0 spiro atoms. The number of aromatic nitrogens is 1. The van der Waals surface area contributed by atoms with Crippen LogP contribution in [-0.4, -0.2) is 35.3 Å². The van der Waals surface area contributed by atoms with Gasteiger partial charge >= 0.3 is 6.09 Å². The summed E-state index contributed by atoms with van der Waals surface area (Å²) in [5, 5.41) is 10.9. The minimum Gasteiger partial charge on any atom is -0.444 e. The zero-order valence-electron chi connectivity index (χ0n) is 17.1. The van der Waals surface area contributed by atoms with Crippen LogP contribution >= 0.6 is 0 Å². The van der Waals surface area contributed by atoms with Crippen LogP contribution in [0.15, 0.2) is 53.1 Å². The molecule has 0 saturated heterocycles. The Bertz CT molecular complexity index is 1090. The van der Waals surface area contributed by atoms with Crippen molar-refractivity contribution in [3.8, 4) is 0 Å². The lowest BCUT2D eigenvalue weighted by molar-refractivity contribution is -0.120. The number of para-hydroxylation sites is 3. The Balaban J connectivity index is 1.65. The summed E-state index contributed by atoms with van der Waals surface area (Å²) >= 11 is 0. The fourth-order valence-corrected chi connectivity index (χ4v) is 3.39. The molecule has 3 aromatic rings. The molecular weight excluding hydrogens is 384 g/mol. The van der Waals surface area contributed by atoms with Crippen LogP contribution in [0.25, 0.3) is 11.0 Å². The van der Waals surface area contributed by atoms with E-state index in [1.807, 2.05) is 48.5 Å². The van der Waals surface area contributed by atoms with Gasteiger partial charge in [0.05, 0.1) is 17.9 Å². The highest BCUT2D eigenvalue weighted by Gasteiger charge is 2.33. The lowest BCUT2D eigenvalue weighted by Crippen LogP contribution is -2.51. The summed E-state index contributed by atoms with van der Waals surface area (Å²) in [5.41, 5.74) is 2.15. The topological polar surface area (TPSA) is 96.7 Å². The first-order valence-corrected chi connectivity index (χ1v) is 9.79. The summed E-state index contributed by atoms with van der Waals surface area (Å²) in [7, 11) is 0. The van der Waals surface area contributed by atoms with Crippen LogP contribution in [0, 0.1) is 0 Å². The van der Waals surface area contributed by atoms with E-state index in [4.69, 9.17) is 9.26 Å². The molecule has 0 radical (unpaired) electrons. The number of carbonyl (C=O) groups is 2. The van der Waals surface area contributed by atoms with Gasteiger partial charge in [-0.25, -0.2) is 4.79 Å². The van der Waals surface area contributed by atoms with Gasteiger partial charge in [0.1, 0.15) is 17.3 Å². The molecule has 1 aromatic heterocycles. The quantitative estimate of drug-likeness (QED) is 0.686. The molecule has 156 valence electrons. The molecule has 2 heterocycles. The van der Waals surface area contributed by atoms with Gasteiger partial charge in [0.2, 0.25) is 0 Å². The van der Waals surface area contributed by atoms with Gasteiger partial charge < -0.3 is 24.8 Å². The first kappa shape index (κ1) is 19.8. The molecular formula is C22H24N4O4. The molecule has 2 aromatic carbocycles. The zero-order valence-corrected chi connectivity index (χ0v) is 17.1. The maximum Gasteiger partial charge on any atom is 0.408 e. The van der Waals surface area contributed by atoms with E-state index < -0.39 is 17.7 Å². The van der Waals surface area contributed by atoms with Gasteiger partial charge in [0, 0.05) is 11.9 Å². The average molecular weight is 408 g/mol. The second-order valence-electron chi connectivity index (χ2n) is 8.15. The number of benzene rings is 2. The Morgan fingerprint density at radius 2 is 1.97 bits per heavy atom. The predicted molar refractivity (Wildman–Crippen MR) is 113 cm³/mol. The number of carbonyl (C=O) groups excluding carboxylic acids is 2. The summed E-state index contributed by atoms with van der Waals surface area (Å²) in [4.78, 5) is 27.3. The van der Waals surface area contributed by atoms with E-state index in [2.05, 4.69) is 15.8 Å². The van der Waals surface area contributed by atoms with Gasteiger partial charge in [0.25, 0.3) is 5.91 Å². The van der Waals surface area contributed by atoms with E-state index in [1.54, 1.807) is 25.7 Å². The van der Waals surface area contributed by atoms with E-state index >= 15 is 0 Å². The lowest BCUT2D eigenvalue weighted by atomic mass is 10.1. The molecule has 30 heavy (non-hydrogen) atoms. The van der Waals surface area contributed by atoms with Crippen molar-refractivity contribution in [1.82, 2.24) is 10.5 Å². The van der Waals surface area contributed by atoms with Crippen molar-refractivity contribution in [3.63, 3.8) is 0 Å². The van der Waals surface area contributed by atoms with Crippen LogP contribution in [0.1, 0.15) is 26.5 Å². The fraction of sp³-hybridized carbons (Fsp3) is 0.318. The number of nitrogens with zero attached hydrogens (tertiary/aromatic N) is 2. The maximum absolute atomic E-state index is 13.4. The normalized spacial score (nSPS) is 16.6. The van der Waals surface area contributed by atoms with Gasteiger partial charge in [-0.15, -0.1) is 0 Å². The highest BCUT2D eigenvalue weighted by atomic mass is 16.6. The Labute approximate surface area is 174 Å². The van der Waals surface area contributed by atoms with Crippen molar-refractivity contribution >= 4 is 34.3 Å². The number of amides is 2. The van der Waals surface area contributed by atoms with E-state index in [9.17, 15) is 9.59 Å². The third kappa shape index (κ3) is 4.07. The molecule has 0 unspecified atom stereocenters. The number of hydrogen-bond acceptors (Lipinski definition) is 6. The largest absolute Gasteiger partial charge is 0.444 e. The van der Waals surface area contributed by atoms with Crippen LogP contribution in [0.3, 0.4) is 0 Å². The summed E-state index contributed by atoms with van der Waals surface area (Å²) in [6, 6.07) is 14.2. The number of hydrogen-bond donors (Lipinski definition) is 2. The van der Waals surface area contributed by atoms with Crippen molar-refractivity contribution in [1.29, 1.82) is 0 Å². The number of nitrogens with one attached hydrogen (secondary N) is 2. The molecule has 1 aliphatic heterocycles. The van der Waals surface area contributed by atoms with Crippen LogP contribution in [0.5, 0.6) is 0 Å². The van der Waals surface area contributed by atoms with Crippen LogP contribution in [0.4, 0.5) is 16.2 Å². The Kier molecular flexibility index (Phi) is 5.07. The van der Waals surface area contributed by atoms with Crippen LogP contribution in [0.2, 0.25) is 0 Å². The van der Waals surface area contributed by atoms with Crippen molar-refractivity contribution in [3.05, 3.63) is 54.2 Å². The van der Waals surface area contributed by atoms with Crippen LogP contribution < -0.4 is 15.5 Å². The minimum absolute atomic E-state index is 0.209. The zero-order chi connectivity index (χ0) is 21.3. The molecule has 0 saturated carbocycles. The van der Waals surface area contributed by atoms with E-state index in [0.29, 0.717) is 17.0 Å². The smallest absolute Gasteiger partial charge is 0.408 e. The summed E-state index contributed by atoms with van der Waals surface area (Å²) in [6.45, 7) is 5.78. The molecule has 4 rings (SSSR count). The van der Waals surface area contributed by atoms with Crippen molar-refractivity contribution in [2.75, 3.05) is 16.8 Å². The molecule has 2 amide bonds. The van der Waals surface area contributed by atoms with Crippen molar-refractivity contribution < 1.29 is 18.8 Å². The van der Waals surface area contributed by atoms with Gasteiger partial charge in [0.15, 0.2) is 5.58 Å². The summed E-state index contributed by atoms with van der Waals surface area (Å²) < 4.78 is 10.7. The van der Waals surface area contributed by atoms with E-state index in [-0.39, 0.29) is 19.0 Å². The van der Waals surface area contributed by atoms with E-state index in [1.165, 1.54) is 0 Å². The first-order chi connectivity index (χ1) is 14.3. The molecule has 8 heteroatoms. The Morgan fingerprint density at radius 3 is 2.77 bits per heavy atom. The number of ether oxygens (including phenoxy) is 1. The third-order valence-electron chi connectivity index (χ3n) is 4.71. The molecule has 2 N–H and O–H groups in total. The Morgan fingerprint density at radius 1 is 1.23 bits per heavy atom. The SMILES string of the molecule is CC(C)(C)OC(=O)N[C@H]1CNc2ccccc2N(Cc2noc3ccccc23)C1=O. The number of rotatable bonds is 3. The van der Waals surface area contributed by atoms with Crippen molar-refractivity contribution in [2.45, 2.75) is 39.0 Å². The minimum atomic E-state index is -0.801. The first-order valence-electron chi connectivity index (χ1n) is 9.79. The molecule has 0 aliphatic carbocycles. The van der Waals surface area contributed by atoms with E-state index in [0.717, 1.165) is 11.1 Å². The fourth-order valence-electron chi connectivity index (χ4n) is 3.39. The molecule has 0 bridgehead atoms. The molecule has 0 fully saturated rings. The highest BCUT2D eigenvalue weighted by Crippen LogP contribution is 2.31. The number of alkyl carbamates (subject to hydrolysis) is 1. The van der Waals surface area contributed by atoms with Gasteiger partial charge in [-0.3, -0.25) is 4.79 Å². The number of fused-ring (bicyclic) bond motifs is 2. The highest BCUT2D eigenvalue weighted by molar-refractivity contribution is 6.03. The van der Waals surface area contributed by atoms with Crippen molar-refractivity contribution in [2.24, 2.45) is 0 Å². The summed E-state index contributed by atoms with van der Waals surface area (Å²) in [5.74, 6) is -0.259. The molecule has 1 aliphatic rings. The predicted octanol–water partition coefficient (Wildman–Crippen LogP) is 3.68. The average Bonchev–Trinajstić information content (AvgIpc) is 3.05. The molecule has 8 nitrogen and oxygen atoms in total. The monoisotopic (exact) mass is 408 g/mol. The van der Waals surface area contributed by atoms with Crippen LogP contribution in [-0.2, 0) is 16.1 Å². The third-order valence-corrected chi connectivity index (χ3v) is 4.71. The molecule has 1 atom stereocenters. The lowest BCUT2D eigenvalue weighted by Gasteiger charge is -2.26. The maximum atomic E-state index is 13.4. The Hall–Kier alpha value is -3.55.